The third-order valence-corrected chi connectivity index (χ3v) is 5.46. The fourth-order valence-electron chi connectivity index (χ4n) is 3.21. The van der Waals surface area contributed by atoms with Crippen molar-refractivity contribution in [2.75, 3.05) is 19.5 Å². The van der Waals surface area contributed by atoms with Gasteiger partial charge in [-0.05, 0) is 23.8 Å². The number of anilines is 1. The van der Waals surface area contributed by atoms with E-state index in [2.05, 4.69) is 38.4 Å². The number of aromatic nitrogens is 3. The number of carbonyl (C=O) groups excluding carboxylic acids is 1. The Hall–Kier alpha value is -3.39. The second-order valence-corrected chi connectivity index (χ2v) is 7.58. The number of ether oxygens (including phenoxy) is 2. The molecule has 4 rings (SSSR count). The molecule has 2 aromatic carbocycles. The highest BCUT2D eigenvalue weighted by molar-refractivity contribution is 7.15. The number of hydrogen-bond donors (Lipinski definition) is 1. The number of rotatable bonds is 6. The van der Waals surface area contributed by atoms with Gasteiger partial charge < -0.3 is 14.0 Å². The van der Waals surface area contributed by atoms with Gasteiger partial charge in [0.15, 0.2) is 0 Å². The first-order valence-corrected chi connectivity index (χ1v) is 9.79. The molecule has 2 aromatic heterocycles. The summed E-state index contributed by atoms with van der Waals surface area (Å²) in [6.45, 7) is 0. The summed E-state index contributed by atoms with van der Waals surface area (Å²) < 4.78 is 12.5. The van der Waals surface area contributed by atoms with E-state index in [4.69, 9.17) is 9.47 Å². The standard InChI is InChI=1S/C21H20N4O3S/c1-25-12-14(17-6-4-5-7-18(17)25)10-19-23-24-21(29-19)22-20(26)13-8-15(27-2)11-16(9-13)28-3/h4-9,11-12H,10H2,1-3H3,(H,22,24,26). The van der Waals surface area contributed by atoms with Gasteiger partial charge in [0.1, 0.15) is 16.5 Å². The predicted molar refractivity (Wildman–Crippen MR) is 113 cm³/mol. The van der Waals surface area contributed by atoms with Crippen LogP contribution in [0.15, 0.2) is 48.7 Å². The highest BCUT2D eigenvalue weighted by Gasteiger charge is 2.14. The van der Waals surface area contributed by atoms with Crippen molar-refractivity contribution in [3.05, 3.63) is 64.8 Å². The van der Waals surface area contributed by atoms with Crippen molar-refractivity contribution >= 4 is 33.3 Å². The molecule has 0 aliphatic rings. The lowest BCUT2D eigenvalue weighted by Crippen LogP contribution is -2.12. The van der Waals surface area contributed by atoms with Gasteiger partial charge in [0.05, 0.1) is 14.2 Å². The summed E-state index contributed by atoms with van der Waals surface area (Å²) in [5.41, 5.74) is 2.77. The van der Waals surface area contributed by atoms with E-state index < -0.39 is 0 Å². The molecule has 4 aromatic rings. The van der Waals surface area contributed by atoms with Gasteiger partial charge in [-0.25, -0.2) is 0 Å². The zero-order valence-electron chi connectivity index (χ0n) is 16.3. The summed E-state index contributed by atoms with van der Waals surface area (Å²) in [6.07, 6.45) is 2.76. The number of methoxy groups -OCH3 is 2. The first-order chi connectivity index (χ1) is 14.1. The highest BCUT2D eigenvalue weighted by atomic mass is 32.1. The number of aryl methyl sites for hydroxylation is 1. The summed E-state index contributed by atoms with van der Waals surface area (Å²) in [7, 11) is 5.11. The number of benzene rings is 2. The zero-order chi connectivity index (χ0) is 20.4. The van der Waals surface area contributed by atoms with E-state index in [-0.39, 0.29) is 5.91 Å². The lowest BCUT2D eigenvalue weighted by atomic mass is 10.1. The Labute approximate surface area is 171 Å². The van der Waals surface area contributed by atoms with Crippen LogP contribution in [0, 0.1) is 0 Å². The topological polar surface area (TPSA) is 78.3 Å². The highest BCUT2D eigenvalue weighted by Crippen LogP contribution is 2.26. The molecule has 0 unspecified atom stereocenters. The van der Waals surface area contributed by atoms with E-state index >= 15 is 0 Å². The predicted octanol–water partition coefficient (Wildman–Crippen LogP) is 3.89. The number of para-hydroxylation sites is 1. The Bertz CT molecular complexity index is 1160. The van der Waals surface area contributed by atoms with Crippen LogP contribution in [0.2, 0.25) is 0 Å². The van der Waals surface area contributed by atoms with Crippen LogP contribution < -0.4 is 14.8 Å². The first-order valence-electron chi connectivity index (χ1n) is 8.97. The van der Waals surface area contributed by atoms with E-state index in [1.165, 1.54) is 27.8 Å². The fourth-order valence-corrected chi connectivity index (χ4v) is 3.97. The Kier molecular flexibility index (Phi) is 5.18. The molecule has 0 fully saturated rings. The van der Waals surface area contributed by atoms with Crippen molar-refractivity contribution < 1.29 is 14.3 Å². The zero-order valence-corrected chi connectivity index (χ0v) is 17.1. The smallest absolute Gasteiger partial charge is 0.257 e. The molecular formula is C21H20N4O3S. The van der Waals surface area contributed by atoms with Crippen LogP contribution in [-0.2, 0) is 13.5 Å². The second kappa shape index (κ2) is 7.92. The van der Waals surface area contributed by atoms with Gasteiger partial charge in [-0.1, -0.05) is 29.5 Å². The molecule has 29 heavy (non-hydrogen) atoms. The molecule has 0 aliphatic heterocycles. The quantitative estimate of drug-likeness (QED) is 0.524. The van der Waals surface area contributed by atoms with Crippen molar-refractivity contribution in [3.63, 3.8) is 0 Å². The average molecular weight is 408 g/mol. The lowest BCUT2D eigenvalue weighted by molar-refractivity contribution is 0.102. The minimum Gasteiger partial charge on any atom is -0.497 e. The molecule has 8 heteroatoms. The van der Waals surface area contributed by atoms with Crippen molar-refractivity contribution in [2.24, 2.45) is 7.05 Å². The number of carbonyl (C=O) groups is 1. The summed E-state index contributed by atoms with van der Waals surface area (Å²) in [5.74, 6) is 0.793. The van der Waals surface area contributed by atoms with Crippen LogP contribution in [-0.4, -0.2) is 34.9 Å². The summed E-state index contributed by atoms with van der Waals surface area (Å²) >= 11 is 1.36. The molecule has 0 aliphatic carbocycles. The number of nitrogens with one attached hydrogen (secondary N) is 1. The molecule has 0 spiro atoms. The number of amides is 1. The van der Waals surface area contributed by atoms with Gasteiger partial charge in [-0.3, -0.25) is 10.1 Å². The molecule has 148 valence electrons. The summed E-state index contributed by atoms with van der Waals surface area (Å²) in [6, 6.07) is 13.3. The van der Waals surface area contributed by atoms with Crippen LogP contribution in [0.25, 0.3) is 10.9 Å². The maximum atomic E-state index is 12.6. The van der Waals surface area contributed by atoms with Gasteiger partial charge in [0.2, 0.25) is 5.13 Å². The van der Waals surface area contributed by atoms with Crippen LogP contribution in [0.5, 0.6) is 11.5 Å². The van der Waals surface area contributed by atoms with Crippen molar-refractivity contribution in [1.29, 1.82) is 0 Å². The minimum atomic E-state index is -0.296. The number of fused-ring (bicyclic) bond motifs is 1. The van der Waals surface area contributed by atoms with Gasteiger partial charge in [-0.15, -0.1) is 10.2 Å². The summed E-state index contributed by atoms with van der Waals surface area (Å²) in [4.78, 5) is 12.6. The average Bonchev–Trinajstić information content (AvgIpc) is 3.32. The van der Waals surface area contributed by atoms with Gasteiger partial charge in [-0.2, -0.15) is 0 Å². The first kappa shape index (κ1) is 18.9. The molecule has 0 bridgehead atoms. The molecule has 0 saturated heterocycles. The molecule has 0 saturated carbocycles. The normalized spacial score (nSPS) is 10.9. The summed E-state index contributed by atoms with van der Waals surface area (Å²) in [5, 5.41) is 13.6. The lowest BCUT2D eigenvalue weighted by Gasteiger charge is -2.07. The fraction of sp³-hybridized carbons (Fsp3) is 0.190. The number of nitrogens with zero attached hydrogens (tertiary/aromatic N) is 3. The van der Waals surface area contributed by atoms with Gasteiger partial charge in [0.25, 0.3) is 5.91 Å². The maximum absolute atomic E-state index is 12.6. The van der Waals surface area contributed by atoms with Crippen molar-refractivity contribution in [1.82, 2.24) is 14.8 Å². The molecule has 2 heterocycles. The van der Waals surface area contributed by atoms with E-state index in [1.807, 2.05) is 19.2 Å². The van der Waals surface area contributed by atoms with Crippen LogP contribution in [0.3, 0.4) is 0 Å². The van der Waals surface area contributed by atoms with Gasteiger partial charge in [0, 0.05) is 42.2 Å². The molecule has 0 radical (unpaired) electrons. The second-order valence-electron chi connectivity index (χ2n) is 6.52. The van der Waals surface area contributed by atoms with Crippen LogP contribution >= 0.6 is 11.3 Å². The third-order valence-electron chi connectivity index (χ3n) is 4.62. The van der Waals surface area contributed by atoms with E-state index in [0.29, 0.717) is 28.6 Å². The van der Waals surface area contributed by atoms with Crippen LogP contribution in [0.4, 0.5) is 5.13 Å². The minimum absolute atomic E-state index is 0.296. The molecule has 7 nitrogen and oxygen atoms in total. The van der Waals surface area contributed by atoms with Crippen molar-refractivity contribution in [2.45, 2.75) is 6.42 Å². The monoisotopic (exact) mass is 408 g/mol. The van der Waals surface area contributed by atoms with E-state index in [9.17, 15) is 4.79 Å². The molecule has 1 amide bonds. The number of hydrogen-bond acceptors (Lipinski definition) is 6. The molecular weight excluding hydrogens is 388 g/mol. The molecule has 1 N–H and O–H groups in total. The van der Waals surface area contributed by atoms with E-state index in [0.717, 1.165) is 5.01 Å². The maximum Gasteiger partial charge on any atom is 0.257 e. The van der Waals surface area contributed by atoms with Crippen LogP contribution in [0.1, 0.15) is 20.9 Å². The largest absolute Gasteiger partial charge is 0.497 e. The molecule has 0 atom stereocenters. The Morgan fingerprint density at radius 2 is 1.83 bits per heavy atom. The van der Waals surface area contributed by atoms with Gasteiger partial charge >= 0.3 is 0 Å². The van der Waals surface area contributed by atoms with Crippen molar-refractivity contribution in [3.8, 4) is 11.5 Å². The third kappa shape index (κ3) is 3.93. The Morgan fingerprint density at radius 3 is 2.55 bits per heavy atom. The SMILES string of the molecule is COc1cc(OC)cc(C(=O)Nc2nnc(Cc3cn(C)c4ccccc34)s2)c1. The Morgan fingerprint density at radius 1 is 1.10 bits per heavy atom. The van der Waals surface area contributed by atoms with E-state index in [1.54, 1.807) is 32.4 Å². The Balaban J connectivity index is 1.51.